The highest BCUT2D eigenvalue weighted by Gasteiger charge is 2.19. The minimum atomic E-state index is -3.59. The molecule has 0 bridgehead atoms. The number of sulfone groups is 1. The molecule has 0 saturated carbocycles. The van der Waals surface area contributed by atoms with E-state index in [4.69, 9.17) is 5.26 Å². The van der Waals surface area contributed by atoms with Crippen molar-refractivity contribution in [2.45, 2.75) is 38.5 Å². The van der Waals surface area contributed by atoms with Gasteiger partial charge in [-0.05, 0) is 41.7 Å². The molecule has 2 rings (SSSR count). The first kappa shape index (κ1) is 20.7. The zero-order valence-electron chi connectivity index (χ0n) is 15.8. The van der Waals surface area contributed by atoms with Crippen LogP contribution in [0.4, 0.5) is 0 Å². The molecular weight excluding hydrogens is 360 g/mol. The molecular formula is C21H24N2O3S. The molecule has 0 saturated heterocycles. The molecule has 2 aromatic rings. The first-order chi connectivity index (χ1) is 12.7. The van der Waals surface area contributed by atoms with Gasteiger partial charge in [-0.25, -0.2) is 8.42 Å². The first-order valence-corrected chi connectivity index (χ1v) is 10.6. The Kier molecular flexibility index (Phi) is 6.75. The maximum atomic E-state index is 12.3. The van der Waals surface area contributed by atoms with E-state index >= 15 is 0 Å². The molecule has 0 aliphatic heterocycles. The van der Waals surface area contributed by atoms with Gasteiger partial charge in [0.15, 0.2) is 9.84 Å². The second-order valence-electron chi connectivity index (χ2n) is 6.95. The lowest BCUT2D eigenvalue weighted by atomic mass is 10.00. The third kappa shape index (κ3) is 6.22. The number of nitriles is 1. The van der Waals surface area contributed by atoms with Crippen LogP contribution in [0.15, 0.2) is 48.5 Å². The van der Waals surface area contributed by atoms with E-state index in [2.05, 4.69) is 19.2 Å². The maximum Gasteiger partial charge on any atom is 0.235 e. The molecule has 1 N–H and O–H groups in total. The molecule has 0 fully saturated rings. The van der Waals surface area contributed by atoms with E-state index in [1.54, 1.807) is 24.3 Å². The highest BCUT2D eigenvalue weighted by atomic mass is 32.2. The van der Waals surface area contributed by atoms with Crippen molar-refractivity contribution in [3.63, 3.8) is 0 Å². The van der Waals surface area contributed by atoms with Gasteiger partial charge in [-0.3, -0.25) is 4.79 Å². The molecule has 27 heavy (non-hydrogen) atoms. The van der Waals surface area contributed by atoms with Crippen molar-refractivity contribution in [2.75, 3.05) is 5.75 Å². The smallest absolute Gasteiger partial charge is 0.235 e. The standard InChI is InChI=1S/C21H24N2O3S/c1-15(2)19-8-10-20(11-9-19)16(3)23-21(24)14-27(25,26)13-18-6-4-17(12-22)5-7-18/h4-11,15-16H,13-14H2,1-3H3,(H,23,24). The van der Waals surface area contributed by atoms with E-state index in [-0.39, 0.29) is 11.8 Å². The van der Waals surface area contributed by atoms with E-state index in [1.165, 1.54) is 5.56 Å². The summed E-state index contributed by atoms with van der Waals surface area (Å²) in [5, 5.41) is 11.5. The molecule has 0 spiro atoms. The van der Waals surface area contributed by atoms with E-state index in [0.717, 1.165) is 5.56 Å². The minimum absolute atomic E-state index is 0.233. The van der Waals surface area contributed by atoms with Gasteiger partial charge in [0.2, 0.25) is 5.91 Å². The summed E-state index contributed by atoms with van der Waals surface area (Å²) in [6, 6.07) is 16.0. The summed E-state index contributed by atoms with van der Waals surface area (Å²) in [6.45, 7) is 6.05. The van der Waals surface area contributed by atoms with Crippen LogP contribution >= 0.6 is 0 Å². The van der Waals surface area contributed by atoms with Gasteiger partial charge in [0, 0.05) is 0 Å². The second-order valence-corrected chi connectivity index (χ2v) is 9.02. The van der Waals surface area contributed by atoms with Gasteiger partial charge in [-0.15, -0.1) is 0 Å². The number of carbonyl (C=O) groups is 1. The SMILES string of the molecule is CC(C)c1ccc(C(C)NC(=O)CS(=O)(=O)Cc2ccc(C#N)cc2)cc1. The predicted octanol–water partition coefficient (Wildman–Crippen LogP) is 3.47. The number of benzene rings is 2. The fourth-order valence-electron chi connectivity index (χ4n) is 2.72. The summed E-state index contributed by atoms with van der Waals surface area (Å²) in [4.78, 5) is 12.2. The molecule has 5 nitrogen and oxygen atoms in total. The van der Waals surface area contributed by atoms with Crippen LogP contribution in [0, 0.1) is 11.3 Å². The summed E-state index contributed by atoms with van der Waals surface area (Å²) >= 11 is 0. The topological polar surface area (TPSA) is 87.0 Å². The number of carbonyl (C=O) groups excluding carboxylic acids is 1. The van der Waals surface area contributed by atoms with Crippen LogP contribution in [0.3, 0.4) is 0 Å². The van der Waals surface area contributed by atoms with Gasteiger partial charge in [0.25, 0.3) is 0 Å². The summed E-state index contributed by atoms with van der Waals surface area (Å²) in [5.74, 6) is -0.897. The molecule has 0 heterocycles. The molecule has 6 heteroatoms. The average molecular weight is 385 g/mol. The molecule has 0 aromatic heterocycles. The van der Waals surface area contributed by atoms with Crippen molar-refractivity contribution in [1.29, 1.82) is 5.26 Å². The summed E-state index contributed by atoms with van der Waals surface area (Å²) in [6.07, 6.45) is 0. The molecule has 1 atom stereocenters. The Hall–Kier alpha value is -2.65. The average Bonchev–Trinajstić information content (AvgIpc) is 2.61. The van der Waals surface area contributed by atoms with Crippen molar-refractivity contribution in [3.8, 4) is 6.07 Å². The van der Waals surface area contributed by atoms with E-state index < -0.39 is 21.5 Å². The number of rotatable bonds is 7. The van der Waals surface area contributed by atoms with Crippen molar-refractivity contribution in [2.24, 2.45) is 0 Å². The molecule has 142 valence electrons. The van der Waals surface area contributed by atoms with Gasteiger partial charge in [0.05, 0.1) is 23.4 Å². The van der Waals surface area contributed by atoms with Crippen LogP contribution in [-0.4, -0.2) is 20.1 Å². The van der Waals surface area contributed by atoms with Crippen LogP contribution < -0.4 is 5.32 Å². The van der Waals surface area contributed by atoms with Crippen molar-refractivity contribution < 1.29 is 13.2 Å². The molecule has 0 aliphatic carbocycles. The summed E-state index contributed by atoms with van der Waals surface area (Å²) < 4.78 is 24.6. The highest BCUT2D eigenvalue weighted by Crippen LogP contribution is 2.18. The normalized spacial score (nSPS) is 12.4. The number of nitrogens with zero attached hydrogens (tertiary/aromatic N) is 1. The highest BCUT2D eigenvalue weighted by molar-refractivity contribution is 7.91. The Morgan fingerprint density at radius 2 is 1.56 bits per heavy atom. The number of hydrogen-bond donors (Lipinski definition) is 1. The van der Waals surface area contributed by atoms with Crippen LogP contribution in [0.5, 0.6) is 0 Å². The van der Waals surface area contributed by atoms with E-state index in [0.29, 0.717) is 17.0 Å². The lowest BCUT2D eigenvalue weighted by Gasteiger charge is -2.15. The van der Waals surface area contributed by atoms with Crippen LogP contribution in [0.25, 0.3) is 0 Å². The summed E-state index contributed by atoms with van der Waals surface area (Å²) in [7, 11) is -3.59. The van der Waals surface area contributed by atoms with Gasteiger partial charge in [0.1, 0.15) is 5.75 Å². The molecule has 0 aliphatic rings. The predicted molar refractivity (Wildman–Crippen MR) is 106 cm³/mol. The zero-order chi connectivity index (χ0) is 20.0. The first-order valence-electron chi connectivity index (χ1n) is 8.79. The Labute approximate surface area is 161 Å². The fraction of sp³-hybridized carbons (Fsp3) is 0.333. The monoisotopic (exact) mass is 384 g/mol. The van der Waals surface area contributed by atoms with Crippen molar-refractivity contribution in [1.82, 2.24) is 5.32 Å². The lowest BCUT2D eigenvalue weighted by Crippen LogP contribution is -2.32. The number of hydrogen-bond acceptors (Lipinski definition) is 4. The van der Waals surface area contributed by atoms with Gasteiger partial charge < -0.3 is 5.32 Å². The Morgan fingerprint density at radius 3 is 2.07 bits per heavy atom. The third-order valence-electron chi connectivity index (χ3n) is 4.30. The Bertz CT molecular complexity index is 925. The Morgan fingerprint density at radius 1 is 1.00 bits per heavy atom. The number of amides is 1. The van der Waals surface area contributed by atoms with E-state index in [9.17, 15) is 13.2 Å². The minimum Gasteiger partial charge on any atom is -0.349 e. The van der Waals surface area contributed by atoms with E-state index in [1.807, 2.05) is 37.3 Å². The molecule has 0 radical (unpaired) electrons. The third-order valence-corrected chi connectivity index (χ3v) is 5.78. The van der Waals surface area contributed by atoms with Crippen LogP contribution in [0.2, 0.25) is 0 Å². The maximum absolute atomic E-state index is 12.3. The van der Waals surface area contributed by atoms with Crippen LogP contribution in [0.1, 0.15) is 55.0 Å². The van der Waals surface area contributed by atoms with Crippen molar-refractivity contribution >= 4 is 15.7 Å². The Balaban J connectivity index is 1.95. The number of nitrogens with one attached hydrogen (secondary N) is 1. The fourth-order valence-corrected chi connectivity index (χ4v) is 4.00. The molecule has 1 unspecified atom stereocenters. The van der Waals surface area contributed by atoms with Gasteiger partial charge >= 0.3 is 0 Å². The van der Waals surface area contributed by atoms with Crippen LogP contribution in [-0.2, 0) is 20.4 Å². The van der Waals surface area contributed by atoms with Crippen molar-refractivity contribution in [3.05, 3.63) is 70.8 Å². The quantitative estimate of drug-likeness (QED) is 0.792. The summed E-state index contributed by atoms with van der Waals surface area (Å²) in [5.41, 5.74) is 3.16. The second kappa shape index (κ2) is 8.83. The molecule has 1 amide bonds. The van der Waals surface area contributed by atoms with Gasteiger partial charge in [-0.2, -0.15) is 5.26 Å². The zero-order valence-corrected chi connectivity index (χ0v) is 16.6. The molecule has 2 aromatic carbocycles. The largest absolute Gasteiger partial charge is 0.349 e. The lowest BCUT2D eigenvalue weighted by molar-refractivity contribution is -0.119. The van der Waals surface area contributed by atoms with Gasteiger partial charge in [-0.1, -0.05) is 50.2 Å².